The molecule has 0 bridgehead atoms. The van der Waals surface area contributed by atoms with Crippen LogP contribution in [0.5, 0.6) is 0 Å². The number of hydrazone groups is 1. The zero-order valence-corrected chi connectivity index (χ0v) is 23.4. The number of fused-ring (bicyclic) bond motifs is 1. The molecular weight excluding hydrogens is 478 g/mol. The summed E-state index contributed by atoms with van der Waals surface area (Å²) in [5.74, 6) is 0.448. The van der Waals surface area contributed by atoms with Gasteiger partial charge in [0, 0.05) is 38.0 Å². The van der Waals surface area contributed by atoms with Gasteiger partial charge in [0.15, 0.2) is 5.82 Å². The molecule has 3 aromatic rings. The monoisotopic (exact) mass is 521 g/mol. The summed E-state index contributed by atoms with van der Waals surface area (Å²) < 4.78 is 1.83. The van der Waals surface area contributed by atoms with Gasteiger partial charge in [-0.05, 0) is 57.2 Å². The van der Waals surface area contributed by atoms with Gasteiger partial charge in [0.05, 0.1) is 6.54 Å². The van der Waals surface area contributed by atoms with Gasteiger partial charge in [-0.1, -0.05) is 49.4 Å². The van der Waals surface area contributed by atoms with Gasteiger partial charge in [-0.15, -0.1) is 0 Å². The largest absolute Gasteiger partial charge is 0.387 e. The summed E-state index contributed by atoms with van der Waals surface area (Å²) in [4.78, 5) is 17.4. The number of nitrogens with zero attached hydrogens (tertiary/aromatic N) is 6. The van der Waals surface area contributed by atoms with Crippen molar-refractivity contribution >= 4 is 23.5 Å². The summed E-state index contributed by atoms with van der Waals surface area (Å²) in [6.07, 6.45) is 10.3. The Hall–Kier alpha value is -3.72. The Morgan fingerprint density at radius 1 is 1.26 bits per heavy atom. The van der Waals surface area contributed by atoms with E-state index in [0.717, 1.165) is 42.6 Å². The lowest BCUT2D eigenvalue weighted by Crippen LogP contribution is -2.40. The van der Waals surface area contributed by atoms with E-state index < -0.39 is 6.61 Å². The van der Waals surface area contributed by atoms with Crippen LogP contribution in [0, 0.1) is 6.92 Å². The van der Waals surface area contributed by atoms with Crippen LogP contribution in [0.4, 0.5) is 5.82 Å². The molecule has 3 heterocycles. The number of likely N-dealkylation sites (tertiary alicyclic amines) is 1. The molecule has 1 fully saturated rings. The molecule has 206 valence electrons. The fourth-order valence-electron chi connectivity index (χ4n) is 4.23. The number of hydrogen-bond acceptors (Lipinski definition) is 7. The van der Waals surface area contributed by atoms with Gasteiger partial charge in [0.1, 0.15) is 18.5 Å². The number of allylic oxidation sites excluding steroid dienone is 2. The summed E-state index contributed by atoms with van der Waals surface area (Å²) in [5, 5.41) is 19.5. The maximum atomic E-state index is 11.7. The quantitative estimate of drug-likeness (QED) is 0.282. The molecule has 0 radical (unpaired) electrons. The lowest BCUT2D eigenvalue weighted by Gasteiger charge is -2.32. The number of aliphatic hydroxyl groups excluding tert-OH is 1. The Kier molecular flexibility index (Phi) is 13.0. The van der Waals surface area contributed by atoms with Crippen molar-refractivity contribution in [2.45, 2.75) is 59.4 Å². The van der Waals surface area contributed by atoms with Crippen molar-refractivity contribution < 1.29 is 9.90 Å². The lowest BCUT2D eigenvalue weighted by atomic mass is 9.94. The summed E-state index contributed by atoms with van der Waals surface area (Å²) in [6, 6.07) is 12.4. The average Bonchev–Trinajstić information content (AvgIpc) is 3.30. The van der Waals surface area contributed by atoms with Crippen LogP contribution < -0.4 is 5.73 Å². The number of benzene rings is 1. The van der Waals surface area contributed by atoms with E-state index in [1.54, 1.807) is 4.90 Å². The number of nitrogens with two attached hydrogens (primary N) is 1. The molecule has 1 saturated heterocycles. The van der Waals surface area contributed by atoms with E-state index in [9.17, 15) is 4.79 Å². The van der Waals surface area contributed by atoms with Gasteiger partial charge in [0.25, 0.3) is 0 Å². The number of aryl methyl sites for hydroxylation is 1. The molecule has 9 nitrogen and oxygen atoms in total. The molecule has 9 heteroatoms. The van der Waals surface area contributed by atoms with Crippen LogP contribution in [0.15, 0.2) is 60.0 Å². The zero-order valence-electron chi connectivity index (χ0n) is 23.4. The lowest BCUT2D eigenvalue weighted by molar-refractivity contribution is -0.135. The first kappa shape index (κ1) is 30.5. The molecule has 1 atom stereocenters. The van der Waals surface area contributed by atoms with Crippen LogP contribution in [-0.4, -0.2) is 68.5 Å². The number of amides is 1. The number of hydrogen-bond donors (Lipinski definition) is 2. The second kappa shape index (κ2) is 16.2. The molecule has 0 saturated carbocycles. The third-order valence-corrected chi connectivity index (χ3v) is 6.18. The molecule has 4 rings (SSSR count). The molecule has 3 N–H and O–H groups in total. The summed E-state index contributed by atoms with van der Waals surface area (Å²) in [7, 11) is 1.99. The minimum Gasteiger partial charge on any atom is -0.387 e. The Balaban J connectivity index is 0.000000255. The fraction of sp³-hybridized carbons (Fsp3) is 0.448. The molecule has 1 aromatic carbocycles. The van der Waals surface area contributed by atoms with Gasteiger partial charge in [-0.3, -0.25) is 9.80 Å². The highest BCUT2D eigenvalue weighted by Crippen LogP contribution is 2.30. The first-order valence-electron chi connectivity index (χ1n) is 13.2. The normalized spacial score (nSPS) is 15.2. The molecule has 38 heavy (non-hydrogen) atoms. The van der Waals surface area contributed by atoms with Gasteiger partial charge in [-0.25, -0.2) is 9.50 Å². The number of aromatic nitrogens is 3. The van der Waals surface area contributed by atoms with Gasteiger partial charge in [-0.2, -0.15) is 10.2 Å². The summed E-state index contributed by atoms with van der Waals surface area (Å²) >= 11 is 0. The SMILES string of the molecule is C/C=C\C.CC/C=N\N(C)Cc1ccccc1.Cc1cc(C2CCCN(C(=O)CO)C2)n2ncnc(N)c12. The fourth-order valence-corrected chi connectivity index (χ4v) is 4.23. The molecule has 2 aromatic heterocycles. The molecule has 1 amide bonds. The molecule has 1 aliphatic heterocycles. The predicted molar refractivity (Wildman–Crippen MR) is 155 cm³/mol. The van der Waals surface area contributed by atoms with Crippen molar-refractivity contribution in [3.63, 3.8) is 0 Å². The minimum absolute atomic E-state index is 0.199. The van der Waals surface area contributed by atoms with Gasteiger partial charge in [0.2, 0.25) is 5.91 Å². The van der Waals surface area contributed by atoms with Crippen LogP contribution in [0.1, 0.15) is 62.8 Å². The summed E-state index contributed by atoms with van der Waals surface area (Å²) in [6.45, 7) is 9.81. The van der Waals surface area contributed by atoms with Crippen molar-refractivity contribution in [1.82, 2.24) is 24.5 Å². The van der Waals surface area contributed by atoms with Gasteiger partial charge >= 0.3 is 0 Å². The van der Waals surface area contributed by atoms with Crippen LogP contribution in [0.2, 0.25) is 0 Å². The molecule has 1 unspecified atom stereocenters. The van der Waals surface area contributed by atoms with Crippen LogP contribution in [-0.2, 0) is 11.3 Å². The molecule has 1 aliphatic rings. The molecular formula is C29H43N7O2. The topological polar surface area (TPSA) is 112 Å². The van der Waals surface area contributed by atoms with E-state index in [2.05, 4.69) is 40.3 Å². The summed E-state index contributed by atoms with van der Waals surface area (Å²) in [5.41, 5.74) is 10.1. The number of carbonyl (C=O) groups is 1. The Bertz CT molecular complexity index is 1170. The smallest absolute Gasteiger partial charge is 0.248 e. The highest BCUT2D eigenvalue weighted by molar-refractivity contribution is 5.77. The van der Waals surface area contributed by atoms with E-state index in [-0.39, 0.29) is 11.8 Å². The molecule has 0 aliphatic carbocycles. The maximum absolute atomic E-state index is 11.7. The van der Waals surface area contributed by atoms with Crippen molar-refractivity contribution in [3.8, 4) is 0 Å². The highest BCUT2D eigenvalue weighted by Gasteiger charge is 2.27. The first-order valence-corrected chi connectivity index (χ1v) is 13.2. The first-order chi connectivity index (χ1) is 18.4. The predicted octanol–water partition coefficient (Wildman–Crippen LogP) is 4.41. The van der Waals surface area contributed by atoms with Crippen LogP contribution >= 0.6 is 0 Å². The van der Waals surface area contributed by atoms with Crippen molar-refractivity contribution in [2.75, 3.05) is 32.5 Å². The van der Waals surface area contributed by atoms with E-state index in [4.69, 9.17) is 10.8 Å². The highest BCUT2D eigenvalue weighted by atomic mass is 16.3. The Labute approximate surface area is 226 Å². The van der Waals surface area contributed by atoms with E-state index in [1.807, 2.05) is 73.9 Å². The van der Waals surface area contributed by atoms with Crippen molar-refractivity contribution in [3.05, 3.63) is 71.7 Å². The number of piperidine rings is 1. The van der Waals surface area contributed by atoms with Gasteiger partial charge < -0.3 is 15.7 Å². The third-order valence-electron chi connectivity index (χ3n) is 6.18. The van der Waals surface area contributed by atoms with E-state index in [1.165, 1.54) is 11.9 Å². The Morgan fingerprint density at radius 2 is 1.97 bits per heavy atom. The van der Waals surface area contributed by atoms with Crippen LogP contribution in [0.25, 0.3) is 5.52 Å². The number of carbonyl (C=O) groups excluding carboxylic acids is 1. The maximum Gasteiger partial charge on any atom is 0.248 e. The second-order valence-corrected chi connectivity index (χ2v) is 9.17. The number of aliphatic hydroxyl groups is 1. The van der Waals surface area contributed by atoms with E-state index in [0.29, 0.717) is 18.9 Å². The van der Waals surface area contributed by atoms with Crippen LogP contribution in [0.3, 0.4) is 0 Å². The van der Waals surface area contributed by atoms with E-state index >= 15 is 0 Å². The van der Waals surface area contributed by atoms with Crippen molar-refractivity contribution in [2.24, 2.45) is 5.10 Å². The van der Waals surface area contributed by atoms with Crippen molar-refractivity contribution in [1.29, 1.82) is 0 Å². The second-order valence-electron chi connectivity index (χ2n) is 9.17. The number of nitrogen functional groups attached to an aromatic ring is 1. The standard InChI is InChI=1S/C14H19N5O2.C11H16N2.C4H8/c1-9-5-11(19-13(9)14(15)16-8-17-19)10-3-2-4-18(6-10)12(21)7-20;1-3-9-12-13(2)10-11-7-5-4-6-8-11;1-3-4-2/h5,8,10,20H,2-4,6-7H2,1H3,(H2,15,16,17);4-9H,3,10H2,1-2H3;3-4H,1-2H3/b;12-9-;4-3-. The number of anilines is 1. The zero-order chi connectivity index (χ0) is 27.9. The molecule has 0 spiro atoms. The Morgan fingerprint density at radius 3 is 2.61 bits per heavy atom. The number of rotatable bonds is 6. The average molecular weight is 522 g/mol. The minimum atomic E-state index is -0.435. The third kappa shape index (κ3) is 8.99.